The number of rotatable bonds is 8. The van der Waals surface area contributed by atoms with Crippen molar-refractivity contribution in [1.82, 2.24) is 29.6 Å². The predicted octanol–water partition coefficient (Wildman–Crippen LogP) is 3.17. The number of pyridine rings is 1. The molecule has 0 fully saturated rings. The summed E-state index contributed by atoms with van der Waals surface area (Å²) in [6.07, 6.45) is 8.91. The van der Waals surface area contributed by atoms with Gasteiger partial charge in [0.2, 0.25) is 0 Å². The summed E-state index contributed by atoms with van der Waals surface area (Å²) in [5.41, 5.74) is 1.59. The Bertz CT molecular complexity index is 1140. The van der Waals surface area contributed by atoms with Crippen LogP contribution >= 0.6 is 0 Å². The smallest absolute Gasteiger partial charge is 0.319 e. The third kappa shape index (κ3) is 5.47. The molecule has 3 aromatic heterocycles. The molecule has 2 N–H and O–H groups in total. The SMILES string of the molecule is Cc1nccn1-c1cc(CNC(=O)Nc2cccc(OCCn3cccn3)c2)ccn1. The summed E-state index contributed by atoms with van der Waals surface area (Å²) in [4.78, 5) is 20.9. The van der Waals surface area contributed by atoms with Crippen LogP contribution in [0.5, 0.6) is 5.75 Å². The van der Waals surface area contributed by atoms with E-state index >= 15 is 0 Å². The lowest BCUT2D eigenvalue weighted by molar-refractivity contribution is 0.251. The van der Waals surface area contributed by atoms with Gasteiger partial charge in [0.25, 0.3) is 0 Å². The summed E-state index contributed by atoms with van der Waals surface area (Å²) in [6, 6.07) is 12.6. The van der Waals surface area contributed by atoms with E-state index in [2.05, 4.69) is 25.7 Å². The molecule has 0 unspecified atom stereocenters. The van der Waals surface area contributed by atoms with Gasteiger partial charge >= 0.3 is 6.03 Å². The van der Waals surface area contributed by atoms with Gasteiger partial charge in [-0.15, -0.1) is 0 Å². The standard InChI is InChI=1S/C22H23N7O2/c1-17-23-9-11-29(17)21-14-18(6-8-24-21)16-25-22(30)27-19-4-2-5-20(15-19)31-13-12-28-10-3-7-26-28/h2-11,14-15H,12-13,16H2,1H3,(H2,25,27,30). The van der Waals surface area contributed by atoms with E-state index in [0.717, 1.165) is 17.2 Å². The molecule has 0 bridgehead atoms. The van der Waals surface area contributed by atoms with Crippen LogP contribution in [0.25, 0.3) is 5.82 Å². The molecular weight excluding hydrogens is 394 g/mol. The van der Waals surface area contributed by atoms with Crippen molar-refractivity contribution >= 4 is 11.7 Å². The van der Waals surface area contributed by atoms with Crippen LogP contribution in [-0.2, 0) is 13.1 Å². The molecule has 0 atom stereocenters. The predicted molar refractivity (Wildman–Crippen MR) is 116 cm³/mol. The number of hydrogen-bond acceptors (Lipinski definition) is 5. The van der Waals surface area contributed by atoms with Crippen molar-refractivity contribution in [3.63, 3.8) is 0 Å². The van der Waals surface area contributed by atoms with Gasteiger partial charge in [0.1, 0.15) is 24.0 Å². The lowest BCUT2D eigenvalue weighted by atomic mass is 10.2. The van der Waals surface area contributed by atoms with Gasteiger partial charge in [0.15, 0.2) is 0 Å². The molecule has 4 aromatic rings. The summed E-state index contributed by atoms with van der Waals surface area (Å²) in [5, 5.41) is 9.83. The van der Waals surface area contributed by atoms with Gasteiger partial charge in [-0.3, -0.25) is 9.25 Å². The van der Waals surface area contributed by atoms with Gasteiger partial charge in [0, 0.05) is 49.3 Å². The molecule has 0 aliphatic rings. The average molecular weight is 417 g/mol. The number of aryl methyl sites for hydroxylation is 1. The van der Waals surface area contributed by atoms with E-state index in [1.165, 1.54) is 0 Å². The number of imidazole rings is 1. The lowest BCUT2D eigenvalue weighted by Gasteiger charge is -2.11. The zero-order valence-electron chi connectivity index (χ0n) is 17.1. The van der Waals surface area contributed by atoms with Crippen LogP contribution in [0, 0.1) is 6.92 Å². The van der Waals surface area contributed by atoms with Crippen LogP contribution in [0.3, 0.4) is 0 Å². The first-order valence-corrected chi connectivity index (χ1v) is 9.88. The monoisotopic (exact) mass is 417 g/mol. The first-order chi connectivity index (χ1) is 15.2. The number of amides is 2. The number of anilines is 1. The minimum Gasteiger partial charge on any atom is -0.492 e. The summed E-state index contributed by atoms with van der Waals surface area (Å²) in [5.74, 6) is 2.29. The maximum atomic E-state index is 12.3. The van der Waals surface area contributed by atoms with Crippen molar-refractivity contribution < 1.29 is 9.53 Å². The van der Waals surface area contributed by atoms with Crippen molar-refractivity contribution in [3.05, 3.63) is 84.8 Å². The molecule has 9 nitrogen and oxygen atoms in total. The highest BCUT2D eigenvalue weighted by Crippen LogP contribution is 2.17. The largest absolute Gasteiger partial charge is 0.492 e. The van der Waals surface area contributed by atoms with Gasteiger partial charge < -0.3 is 15.4 Å². The second-order valence-corrected chi connectivity index (χ2v) is 6.82. The zero-order chi connectivity index (χ0) is 21.5. The van der Waals surface area contributed by atoms with Crippen molar-refractivity contribution in [2.24, 2.45) is 0 Å². The molecule has 158 valence electrons. The fourth-order valence-electron chi connectivity index (χ4n) is 3.03. The number of ether oxygens (including phenoxy) is 1. The highest BCUT2D eigenvalue weighted by molar-refractivity contribution is 5.89. The molecular formula is C22H23N7O2. The topological polar surface area (TPSA) is 98.9 Å². The highest BCUT2D eigenvalue weighted by Gasteiger charge is 2.06. The van der Waals surface area contributed by atoms with Gasteiger partial charge in [-0.2, -0.15) is 5.10 Å². The Morgan fingerprint density at radius 1 is 1.06 bits per heavy atom. The van der Waals surface area contributed by atoms with Gasteiger partial charge in [-0.25, -0.2) is 14.8 Å². The summed E-state index contributed by atoms with van der Waals surface area (Å²) < 4.78 is 9.43. The second kappa shape index (κ2) is 9.57. The maximum Gasteiger partial charge on any atom is 0.319 e. The number of hydrogen-bond donors (Lipinski definition) is 2. The summed E-state index contributed by atoms with van der Waals surface area (Å²) in [7, 11) is 0. The van der Waals surface area contributed by atoms with E-state index in [9.17, 15) is 4.79 Å². The fraction of sp³-hybridized carbons (Fsp3) is 0.182. The van der Waals surface area contributed by atoms with Crippen LogP contribution in [0.15, 0.2) is 73.4 Å². The summed E-state index contributed by atoms with van der Waals surface area (Å²) in [6.45, 7) is 3.42. The minimum atomic E-state index is -0.300. The Morgan fingerprint density at radius 2 is 2.00 bits per heavy atom. The van der Waals surface area contributed by atoms with E-state index in [1.807, 2.05) is 60.3 Å². The molecule has 4 rings (SSSR count). The quantitative estimate of drug-likeness (QED) is 0.459. The molecule has 2 amide bonds. The van der Waals surface area contributed by atoms with E-state index in [0.29, 0.717) is 31.1 Å². The molecule has 0 saturated carbocycles. The molecule has 0 aliphatic carbocycles. The Hall–Kier alpha value is -4.14. The zero-order valence-corrected chi connectivity index (χ0v) is 17.1. The van der Waals surface area contributed by atoms with Gasteiger partial charge in [-0.05, 0) is 42.8 Å². The third-order valence-corrected chi connectivity index (χ3v) is 4.58. The number of nitrogens with one attached hydrogen (secondary N) is 2. The molecule has 9 heteroatoms. The minimum absolute atomic E-state index is 0.300. The molecule has 31 heavy (non-hydrogen) atoms. The Kier molecular flexibility index (Phi) is 6.22. The molecule has 1 aromatic carbocycles. The average Bonchev–Trinajstić information content (AvgIpc) is 3.45. The van der Waals surface area contributed by atoms with E-state index in [-0.39, 0.29) is 6.03 Å². The number of carbonyl (C=O) groups excluding carboxylic acids is 1. The number of carbonyl (C=O) groups is 1. The van der Waals surface area contributed by atoms with E-state index < -0.39 is 0 Å². The van der Waals surface area contributed by atoms with Crippen LogP contribution in [0.1, 0.15) is 11.4 Å². The number of benzene rings is 1. The molecule has 0 saturated heterocycles. The van der Waals surface area contributed by atoms with E-state index in [1.54, 1.807) is 29.3 Å². The van der Waals surface area contributed by atoms with Crippen molar-refractivity contribution in [2.75, 3.05) is 11.9 Å². The normalized spacial score (nSPS) is 10.6. The maximum absolute atomic E-state index is 12.3. The Balaban J connectivity index is 1.28. The first kappa shape index (κ1) is 20.1. The van der Waals surface area contributed by atoms with Crippen LogP contribution < -0.4 is 15.4 Å². The van der Waals surface area contributed by atoms with Gasteiger partial charge in [-0.1, -0.05) is 6.07 Å². The second-order valence-electron chi connectivity index (χ2n) is 6.82. The molecule has 0 spiro atoms. The van der Waals surface area contributed by atoms with Gasteiger partial charge in [0.05, 0.1) is 6.54 Å². The molecule has 0 aliphatic heterocycles. The van der Waals surface area contributed by atoms with Crippen LogP contribution in [0.4, 0.5) is 10.5 Å². The number of urea groups is 1. The third-order valence-electron chi connectivity index (χ3n) is 4.58. The fourth-order valence-corrected chi connectivity index (χ4v) is 3.03. The lowest BCUT2D eigenvalue weighted by Crippen LogP contribution is -2.28. The number of nitrogens with zero attached hydrogens (tertiary/aromatic N) is 5. The van der Waals surface area contributed by atoms with E-state index in [4.69, 9.17) is 4.74 Å². The number of aromatic nitrogens is 5. The Labute approximate surface area is 179 Å². The van der Waals surface area contributed by atoms with Crippen molar-refractivity contribution in [2.45, 2.75) is 20.0 Å². The molecule has 3 heterocycles. The van der Waals surface area contributed by atoms with Crippen molar-refractivity contribution in [1.29, 1.82) is 0 Å². The Morgan fingerprint density at radius 3 is 2.81 bits per heavy atom. The molecule has 0 radical (unpaired) electrons. The summed E-state index contributed by atoms with van der Waals surface area (Å²) >= 11 is 0. The van der Waals surface area contributed by atoms with Crippen LogP contribution in [-0.4, -0.2) is 37.0 Å². The highest BCUT2D eigenvalue weighted by atomic mass is 16.5. The first-order valence-electron chi connectivity index (χ1n) is 9.88. The van der Waals surface area contributed by atoms with Crippen LogP contribution in [0.2, 0.25) is 0 Å². The van der Waals surface area contributed by atoms with Crippen molar-refractivity contribution in [3.8, 4) is 11.6 Å².